The average Bonchev–Trinajstić information content (AvgIpc) is 2.99. The Hall–Kier alpha value is -1.10. The van der Waals surface area contributed by atoms with Gasteiger partial charge in [-0.15, -0.1) is 0 Å². The van der Waals surface area contributed by atoms with Crippen LogP contribution in [-0.4, -0.2) is 48.7 Å². The van der Waals surface area contributed by atoms with Gasteiger partial charge >= 0.3 is 5.97 Å². The molecule has 0 heterocycles. The number of nitrogens with zero attached hydrogens (tertiary/aromatic N) is 1. The molecule has 1 aliphatic carbocycles. The Morgan fingerprint density at radius 2 is 2.07 bits per heavy atom. The summed E-state index contributed by atoms with van der Waals surface area (Å²) in [5.74, 6) is -1.27. The zero-order valence-corrected chi connectivity index (χ0v) is 9.15. The van der Waals surface area contributed by atoms with Crippen molar-refractivity contribution in [1.82, 2.24) is 4.90 Å². The van der Waals surface area contributed by atoms with Gasteiger partial charge in [-0.1, -0.05) is 0 Å². The largest absolute Gasteiger partial charge is 0.480 e. The summed E-state index contributed by atoms with van der Waals surface area (Å²) >= 11 is 0. The van der Waals surface area contributed by atoms with Gasteiger partial charge in [0.15, 0.2) is 0 Å². The molecular weight excluding hydrogens is 198 g/mol. The standard InChI is InChI=1S/C10H17NO4/c1-3-11(6-7-15-2)8(12)10(4-5-10)9(13)14/h3-7H2,1-2H3,(H,13,14). The van der Waals surface area contributed by atoms with Gasteiger partial charge in [-0.3, -0.25) is 9.59 Å². The number of carbonyl (C=O) groups excluding carboxylic acids is 1. The van der Waals surface area contributed by atoms with Crippen LogP contribution in [0.4, 0.5) is 0 Å². The number of carboxylic acid groups (broad SMARTS) is 1. The van der Waals surface area contributed by atoms with Crippen LogP contribution in [0.25, 0.3) is 0 Å². The summed E-state index contributed by atoms with van der Waals surface area (Å²) in [6, 6.07) is 0. The van der Waals surface area contributed by atoms with Crippen LogP contribution < -0.4 is 0 Å². The Morgan fingerprint density at radius 3 is 2.40 bits per heavy atom. The summed E-state index contributed by atoms with van der Waals surface area (Å²) in [6.07, 6.45) is 0.926. The van der Waals surface area contributed by atoms with Crippen LogP contribution >= 0.6 is 0 Å². The fourth-order valence-corrected chi connectivity index (χ4v) is 1.55. The van der Waals surface area contributed by atoms with Crippen molar-refractivity contribution in [3.8, 4) is 0 Å². The zero-order valence-electron chi connectivity index (χ0n) is 9.15. The number of likely N-dealkylation sites (N-methyl/N-ethyl adjacent to an activating group) is 1. The lowest BCUT2D eigenvalue weighted by Crippen LogP contribution is -2.42. The van der Waals surface area contributed by atoms with Gasteiger partial charge in [0.05, 0.1) is 6.61 Å². The summed E-state index contributed by atoms with van der Waals surface area (Å²) in [4.78, 5) is 24.4. The minimum atomic E-state index is -1.12. The fourth-order valence-electron chi connectivity index (χ4n) is 1.55. The van der Waals surface area contributed by atoms with E-state index >= 15 is 0 Å². The number of hydrogen-bond acceptors (Lipinski definition) is 3. The molecule has 0 radical (unpaired) electrons. The molecule has 86 valence electrons. The molecule has 1 amide bonds. The highest BCUT2D eigenvalue weighted by molar-refractivity contribution is 6.04. The first kappa shape index (κ1) is 12.0. The predicted molar refractivity (Wildman–Crippen MR) is 53.4 cm³/mol. The molecule has 0 aromatic heterocycles. The molecule has 0 saturated heterocycles. The summed E-state index contributed by atoms with van der Waals surface area (Å²) in [5.41, 5.74) is -1.12. The van der Waals surface area contributed by atoms with Gasteiger partial charge in [0.2, 0.25) is 5.91 Å². The Labute approximate surface area is 89.0 Å². The maximum Gasteiger partial charge on any atom is 0.319 e. The van der Waals surface area contributed by atoms with Gasteiger partial charge in [0.25, 0.3) is 0 Å². The molecule has 15 heavy (non-hydrogen) atoms. The number of hydrogen-bond donors (Lipinski definition) is 1. The van der Waals surface area contributed by atoms with Crippen molar-refractivity contribution in [3.63, 3.8) is 0 Å². The molecule has 5 heteroatoms. The van der Waals surface area contributed by atoms with E-state index in [9.17, 15) is 9.59 Å². The topological polar surface area (TPSA) is 66.8 Å². The lowest BCUT2D eigenvalue weighted by molar-refractivity contribution is -0.153. The van der Waals surface area contributed by atoms with Gasteiger partial charge in [0.1, 0.15) is 5.41 Å². The van der Waals surface area contributed by atoms with E-state index < -0.39 is 11.4 Å². The lowest BCUT2D eigenvalue weighted by atomic mass is 10.1. The zero-order chi connectivity index (χ0) is 11.5. The number of rotatable bonds is 6. The van der Waals surface area contributed by atoms with E-state index in [-0.39, 0.29) is 5.91 Å². The molecule has 1 N–H and O–H groups in total. The van der Waals surface area contributed by atoms with Gasteiger partial charge < -0.3 is 14.7 Å². The number of ether oxygens (including phenoxy) is 1. The van der Waals surface area contributed by atoms with Crippen LogP contribution in [0.2, 0.25) is 0 Å². The van der Waals surface area contributed by atoms with Crippen molar-refractivity contribution in [1.29, 1.82) is 0 Å². The molecule has 1 fully saturated rings. The van der Waals surface area contributed by atoms with Gasteiger partial charge in [-0.2, -0.15) is 0 Å². The van der Waals surface area contributed by atoms with E-state index in [1.165, 1.54) is 0 Å². The van der Waals surface area contributed by atoms with Crippen molar-refractivity contribution in [2.24, 2.45) is 5.41 Å². The molecule has 0 atom stereocenters. The third-order valence-electron chi connectivity index (χ3n) is 2.80. The Balaban J connectivity index is 2.61. The number of amides is 1. The molecule has 5 nitrogen and oxygen atoms in total. The van der Waals surface area contributed by atoms with Crippen molar-refractivity contribution in [2.45, 2.75) is 19.8 Å². The van der Waals surface area contributed by atoms with E-state index in [1.54, 1.807) is 12.0 Å². The SMILES string of the molecule is CCN(CCOC)C(=O)C1(C(=O)O)CC1. The van der Waals surface area contributed by atoms with Crippen LogP contribution in [0.5, 0.6) is 0 Å². The minimum absolute atomic E-state index is 0.269. The third kappa shape index (κ3) is 2.28. The van der Waals surface area contributed by atoms with Gasteiger partial charge in [-0.05, 0) is 19.8 Å². The smallest absolute Gasteiger partial charge is 0.319 e. The molecule has 0 aromatic rings. The molecule has 0 bridgehead atoms. The van der Waals surface area contributed by atoms with Crippen molar-refractivity contribution >= 4 is 11.9 Å². The average molecular weight is 215 g/mol. The van der Waals surface area contributed by atoms with E-state index in [1.807, 2.05) is 6.92 Å². The Bertz CT molecular complexity index is 260. The molecule has 0 aliphatic heterocycles. The Kier molecular flexibility index (Phi) is 3.68. The second kappa shape index (κ2) is 4.61. The first-order chi connectivity index (χ1) is 7.08. The second-order valence-corrected chi connectivity index (χ2v) is 3.76. The van der Waals surface area contributed by atoms with E-state index in [4.69, 9.17) is 9.84 Å². The highest BCUT2D eigenvalue weighted by Gasteiger charge is 2.58. The van der Waals surface area contributed by atoms with Crippen molar-refractivity contribution < 1.29 is 19.4 Å². The minimum Gasteiger partial charge on any atom is -0.480 e. The monoisotopic (exact) mass is 215 g/mol. The summed E-state index contributed by atoms with van der Waals surface area (Å²) in [6.45, 7) is 3.26. The first-order valence-electron chi connectivity index (χ1n) is 5.10. The summed E-state index contributed by atoms with van der Waals surface area (Å²) in [5, 5.41) is 8.97. The number of carboxylic acids is 1. The third-order valence-corrected chi connectivity index (χ3v) is 2.80. The molecule has 1 aliphatic rings. The highest BCUT2D eigenvalue weighted by atomic mass is 16.5. The van der Waals surface area contributed by atoms with E-state index in [0.717, 1.165) is 0 Å². The van der Waals surface area contributed by atoms with Crippen LogP contribution in [-0.2, 0) is 14.3 Å². The number of methoxy groups -OCH3 is 1. The van der Waals surface area contributed by atoms with E-state index in [0.29, 0.717) is 32.5 Å². The molecule has 0 spiro atoms. The molecule has 0 unspecified atom stereocenters. The molecule has 1 rings (SSSR count). The first-order valence-corrected chi connectivity index (χ1v) is 5.10. The van der Waals surface area contributed by atoms with Crippen molar-refractivity contribution in [3.05, 3.63) is 0 Å². The Morgan fingerprint density at radius 1 is 1.47 bits per heavy atom. The molecule has 1 saturated carbocycles. The fraction of sp³-hybridized carbons (Fsp3) is 0.800. The number of aliphatic carboxylic acids is 1. The summed E-state index contributed by atoms with van der Waals surface area (Å²) in [7, 11) is 1.56. The molecular formula is C10H17NO4. The second-order valence-electron chi connectivity index (χ2n) is 3.76. The maximum absolute atomic E-state index is 11.9. The van der Waals surface area contributed by atoms with Gasteiger partial charge in [0, 0.05) is 20.2 Å². The normalized spacial score (nSPS) is 17.2. The van der Waals surface area contributed by atoms with Crippen LogP contribution in [0.3, 0.4) is 0 Å². The van der Waals surface area contributed by atoms with Gasteiger partial charge in [-0.25, -0.2) is 0 Å². The summed E-state index contributed by atoms with van der Waals surface area (Å²) < 4.78 is 4.88. The lowest BCUT2D eigenvalue weighted by Gasteiger charge is -2.23. The van der Waals surface area contributed by atoms with E-state index in [2.05, 4.69) is 0 Å². The predicted octanol–water partition coefficient (Wildman–Crippen LogP) is 0.346. The van der Waals surface area contributed by atoms with Crippen LogP contribution in [0.15, 0.2) is 0 Å². The van der Waals surface area contributed by atoms with Crippen LogP contribution in [0.1, 0.15) is 19.8 Å². The quantitative estimate of drug-likeness (QED) is 0.649. The van der Waals surface area contributed by atoms with Crippen LogP contribution in [0, 0.1) is 5.41 Å². The maximum atomic E-state index is 11.9. The number of carbonyl (C=O) groups is 2. The highest BCUT2D eigenvalue weighted by Crippen LogP contribution is 2.47. The van der Waals surface area contributed by atoms with Crippen molar-refractivity contribution in [2.75, 3.05) is 26.8 Å². The molecule has 0 aromatic carbocycles.